The summed E-state index contributed by atoms with van der Waals surface area (Å²) < 4.78 is 5.19. The van der Waals surface area contributed by atoms with Gasteiger partial charge < -0.3 is 9.63 Å². The summed E-state index contributed by atoms with van der Waals surface area (Å²) in [6.45, 7) is 7.20. The molecule has 5 rings (SSSR count). The van der Waals surface area contributed by atoms with E-state index in [0.717, 1.165) is 36.5 Å². The first-order valence-electron chi connectivity index (χ1n) is 11.0. The normalized spacial score (nSPS) is 53.6. The third kappa shape index (κ3) is 2.31. The van der Waals surface area contributed by atoms with Crippen molar-refractivity contribution in [2.45, 2.75) is 90.1 Å². The van der Waals surface area contributed by atoms with Crippen LogP contribution in [0.2, 0.25) is 0 Å². The van der Waals surface area contributed by atoms with Crippen LogP contribution in [0.5, 0.6) is 0 Å². The SMILES string of the molecule is C[C@@]1(O)CC[C@@]2(C)[C@@H](CC[C@@H]3[C@@H]2CC[C@]2(C)C(c4ccon4)CC[C@@H]32)C1. The number of nitrogens with zero attached hydrogens (tertiary/aromatic N) is 1. The molecule has 4 fully saturated rings. The van der Waals surface area contributed by atoms with Crippen molar-refractivity contribution in [2.75, 3.05) is 0 Å². The van der Waals surface area contributed by atoms with Crippen molar-refractivity contribution in [2.24, 2.45) is 34.5 Å². The predicted molar refractivity (Wildman–Crippen MR) is 102 cm³/mol. The maximum absolute atomic E-state index is 10.6. The molecule has 1 aromatic rings. The molecule has 0 amide bonds. The zero-order valence-corrected chi connectivity index (χ0v) is 16.7. The molecule has 4 saturated carbocycles. The number of hydrogen-bond acceptors (Lipinski definition) is 3. The van der Waals surface area contributed by atoms with Crippen LogP contribution in [-0.4, -0.2) is 15.9 Å². The van der Waals surface area contributed by atoms with Crippen LogP contribution in [0.1, 0.15) is 90.2 Å². The first kappa shape index (κ1) is 17.3. The lowest BCUT2D eigenvalue weighted by Gasteiger charge is -2.61. The summed E-state index contributed by atoms with van der Waals surface area (Å²) in [5.74, 6) is 3.92. The van der Waals surface area contributed by atoms with Gasteiger partial charge >= 0.3 is 0 Å². The third-order valence-corrected chi connectivity index (χ3v) is 9.77. The molecule has 0 radical (unpaired) electrons. The molecule has 8 atom stereocenters. The van der Waals surface area contributed by atoms with Gasteiger partial charge in [0.15, 0.2) is 0 Å². The molecule has 0 aliphatic heterocycles. The Balaban J connectivity index is 1.43. The van der Waals surface area contributed by atoms with Gasteiger partial charge in [-0.2, -0.15) is 0 Å². The van der Waals surface area contributed by atoms with Gasteiger partial charge in [0.2, 0.25) is 0 Å². The van der Waals surface area contributed by atoms with Crippen LogP contribution in [0.3, 0.4) is 0 Å². The van der Waals surface area contributed by atoms with Gasteiger partial charge in [0.05, 0.1) is 11.3 Å². The summed E-state index contributed by atoms with van der Waals surface area (Å²) in [6.07, 6.45) is 13.1. The molecule has 3 heteroatoms. The van der Waals surface area contributed by atoms with Gasteiger partial charge in [-0.15, -0.1) is 0 Å². The molecule has 26 heavy (non-hydrogen) atoms. The fourth-order valence-electron chi connectivity index (χ4n) is 8.32. The molecule has 144 valence electrons. The van der Waals surface area contributed by atoms with Gasteiger partial charge in [0.25, 0.3) is 0 Å². The average Bonchev–Trinajstić information content (AvgIpc) is 3.22. The van der Waals surface area contributed by atoms with E-state index in [1.165, 1.54) is 50.6 Å². The number of aromatic nitrogens is 1. The number of fused-ring (bicyclic) bond motifs is 5. The van der Waals surface area contributed by atoms with Gasteiger partial charge in [0.1, 0.15) is 6.26 Å². The second kappa shape index (κ2) is 5.59. The van der Waals surface area contributed by atoms with Gasteiger partial charge in [-0.25, -0.2) is 0 Å². The van der Waals surface area contributed by atoms with Crippen LogP contribution < -0.4 is 0 Å². The van der Waals surface area contributed by atoms with E-state index in [2.05, 4.69) is 32.0 Å². The zero-order valence-electron chi connectivity index (χ0n) is 16.7. The summed E-state index contributed by atoms with van der Waals surface area (Å²) in [4.78, 5) is 0. The minimum Gasteiger partial charge on any atom is -0.390 e. The molecule has 1 N–H and O–H groups in total. The topological polar surface area (TPSA) is 46.3 Å². The summed E-state index contributed by atoms with van der Waals surface area (Å²) in [5.41, 5.74) is 1.63. The molecule has 1 unspecified atom stereocenters. The summed E-state index contributed by atoms with van der Waals surface area (Å²) >= 11 is 0. The summed E-state index contributed by atoms with van der Waals surface area (Å²) in [6, 6.07) is 2.10. The molecule has 1 aromatic heterocycles. The Morgan fingerprint density at radius 2 is 1.77 bits per heavy atom. The Kier molecular flexibility index (Phi) is 3.72. The van der Waals surface area contributed by atoms with Crippen molar-refractivity contribution in [3.05, 3.63) is 18.0 Å². The number of hydrogen-bond donors (Lipinski definition) is 1. The van der Waals surface area contributed by atoms with Crippen molar-refractivity contribution in [1.29, 1.82) is 0 Å². The Hall–Kier alpha value is -0.830. The number of aliphatic hydroxyl groups is 1. The quantitative estimate of drug-likeness (QED) is 0.716. The van der Waals surface area contributed by atoms with Crippen LogP contribution >= 0.6 is 0 Å². The Bertz CT molecular complexity index is 668. The maximum Gasteiger partial charge on any atom is 0.124 e. The monoisotopic (exact) mass is 357 g/mol. The highest BCUT2D eigenvalue weighted by Crippen LogP contribution is 2.69. The highest BCUT2D eigenvalue weighted by Gasteiger charge is 2.61. The summed E-state index contributed by atoms with van der Waals surface area (Å²) in [5, 5.41) is 15.0. The van der Waals surface area contributed by atoms with E-state index < -0.39 is 5.60 Å². The lowest BCUT2D eigenvalue weighted by atomic mass is 9.44. The first-order valence-corrected chi connectivity index (χ1v) is 11.0. The summed E-state index contributed by atoms with van der Waals surface area (Å²) in [7, 11) is 0. The molecule has 0 aromatic carbocycles. The van der Waals surface area contributed by atoms with E-state index in [9.17, 15) is 5.11 Å². The van der Waals surface area contributed by atoms with Crippen LogP contribution in [0.25, 0.3) is 0 Å². The van der Waals surface area contributed by atoms with Gasteiger partial charge in [-0.05, 0) is 99.2 Å². The zero-order chi connectivity index (χ0) is 18.2. The second-order valence-electron chi connectivity index (χ2n) is 11.0. The Morgan fingerprint density at radius 3 is 2.54 bits per heavy atom. The fraction of sp³-hybridized carbons (Fsp3) is 0.870. The fourth-order valence-corrected chi connectivity index (χ4v) is 8.32. The van der Waals surface area contributed by atoms with Crippen molar-refractivity contribution >= 4 is 0 Å². The van der Waals surface area contributed by atoms with Crippen LogP contribution in [0.4, 0.5) is 0 Å². The highest BCUT2D eigenvalue weighted by molar-refractivity contribution is 5.18. The number of rotatable bonds is 1. The molecule has 1 heterocycles. The first-order chi connectivity index (χ1) is 12.3. The Labute approximate surface area is 157 Å². The molecule has 0 spiro atoms. The predicted octanol–water partition coefficient (Wildman–Crippen LogP) is 5.55. The van der Waals surface area contributed by atoms with Crippen molar-refractivity contribution < 1.29 is 9.63 Å². The third-order valence-electron chi connectivity index (χ3n) is 9.77. The maximum atomic E-state index is 10.6. The van der Waals surface area contributed by atoms with Crippen molar-refractivity contribution in [3.63, 3.8) is 0 Å². The lowest BCUT2D eigenvalue weighted by Crippen LogP contribution is -2.55. The molecular weight excluding hydrogens is 322 g/mol. The highest BCUT2D eigenvalue weighted by atomic mass is 16.5. The van der Waals surface area contributed by atoms with Crippen LogP contribution in [0.15, 0.2) is 16.9 Å². The van der Waals surface area contributed by atoms with E-state index in [4.69, 9.17) is 4.52 Å². The van der Waals surface area contributed by atoms with E-state index in [1.807, 2.05) is 0 Å². The van der Waals surface area contributed by atoms with E-state index >= 15 is 0 Å². The van der Waals surface area contributed by atoms with Crippen LogP contribution in [-0.2, 0) is 0 Å². The van der Waals surface area contributed by atoms with Crippen LogP contribution in [0, 0.1) is 34.5 Å². The average molecular weight is 358 g/mol. The largest absolute Gasteiger partial charge is 0.390 e. The van der Waals surface area contributed by atoms with E-state index in [0.29, 0.717) is 16.7 Å². The molecule has 0 saturated heterocycles. The van der Waals surface area contributed by atoms with E-state index in [1.54, 1.807) is 6.26 Å². The van der Waals surface area contributed by atoms with Gasteiger partial charge in [0, 0.05) is 12.0 Å². The second-order valence-corrected chi connectivity index (χ2v) is 11.0. The lowest BCUT2D eigenvalue weighted by molar-refractivity contribution is -0.143. The van der Waals surface area contributed by atoms with Gasteiger partial charge in [-0.1, -0.05) is 19.0 Å². The minimum atomic E-state index is -0.425. The smallest absolute Gasteiger partial charge is 0.124 e. The molecular formula is C23H35NO2. The standard InChI is InChI=1S/C23H35NO2/c1-21(25)11-12-22(2)15(14-21)4-5-16-17-6-7-19(20-9-13-26-24-20)23(17,3)10-8-18(16)22/h9,13,15-19,25H,4-8,10-12,14H2,1-3H3/t15-,16-,17-,18-,19?,21+,22-,23-/m0/s1. The van der Waals surface area contributed by atoms with Crippen molar-refractivity contribution in [1.82, 2.24) is 5.16 Å². The molecule has 0 bridgehead atoms. The van der Waals surface area contributed by atoms with Gasteiger partial charge in [-0.3, -0.25) is 0 Å². The van der Waals surface area contributed by atoms with E-state index in [-0.39, 0.29) is 0 Å². The molecule has 3 nitrogen and oxygen atoms in total. The molecule has 4 aliphatic rings. The Morgan fingerprint density at radius 1 is 0.962 bits per heavy atom. The van der Waals surface area contributed by atoms with Crippen molar-refractivity contribution in [3.8, 4) is 0 Å². The minimum absolute atomic E-state index is 0.404. The molecule has 4 aliphatic carbocycles.